The second-order valence-electron chi connectivity index (χ2n) is 5.00. The van der Waals surface area contributed by atoms with Crippen LogP contribution in [-0.2, 0) is 16.1 Å². The Morgan fingerprint density at radius 2 is 2.22 bits per heavy atom. The van der Waals surface area contributed by atoms with Crippen LogP contribution in [-0.4, -0.2) is 18.6 Å². The van der Waals surface area contributed by atoms with E-state index in [0.29, 0.717) is 18.9 Å². The SMILES string of the molecule is C[C@H](CC(=O)NCc1ccccc1)[C@@H]1CCCO1. The summed E-state index contributed by atoms with van der Waals surface area (Å²) < 4.78 is 5.60. The summed E-state index contributed by atoms with van der Waals surface area (Å²) in [6.07, 6.45) is 3.04. The minimum atomic E-state index is 0.113. The standard InChI is InChI=1S/C15H21NO2/c1-12(14-8-5-9-18-14)10-15(17)16-11-13-6-3-2-4-7-13/h2-4,6-7,12,14H,5,8-11H2,1H3,(H,16,17)/t12-,14+/m1/s1. The van der Waals surface area contributed by atoms with E-state index in [-0.39, 0.29) is 12.0 Å². The first kappa shape index (κ1) is 13.1. The highest BCUT2D eigenvalue weighted by Crippen LogP contribution is 2.22. The van der Waals surface area contributed by atoms with Crippen LogP contribution >= 0.6 is 0 Å². The van der Waals surface area contributed by atoms with Crippen molar-refractivity contribution in [3.8, 4) is 0 Å². The zero-order chi connectivity index (χ0) is 12.8. The van der Waals surface area contributed by atoms with Crippen molar-refractivity contribution in [1.29, 1.82) is 0 Å². The topological polar surface area (TPSA) is 38.3 Å². The van der Waals surface area contributed by atoms with Gasteiger partial charge in [0.05, 0.1) is 6.10 Å². The predicted molar refractivity (Wildman–Crippen MR) is 71.0 cm³/mol. The summed E-state index contributed by atoms with van der Waals surface area (Å²) in [5.74, 6) is 0.421. The fraction of sp³-hybridized carbons (Fsp3) is 0.533. The predicted octanol–water partition coefficient (Wildman–Crippen LogP) is 2.51. The fourth-order valence-corrected chi connectivity index (χ4v) is 2.34. The summed E-state index contributed by atoms with van der Waals surface area (Å²) in [6, 6.07) is 9.98. The number of nitrogens with one attached hydrogen (secondary N) is 1. The lowest BCUT2D eigenvalue weighted by molar-refractivity contribution is -0.123. The molecule has 0 bridgehead atoms. The van der Waals surface area contributed by atoms with Gasteiger partial charge in [0, 0.05) is 19.6 Å². The van der Waals surface area contributed by atoms with Gasteiger partial charge in [-0.15, -0.1) is 0 Å². The van der Waals surface area contributed by atoms with Gasteiger partial charge in [0.15, 0.2) is 0 Å². The molecule has 3 nitrogen and oxygen atoms in total. The summed E-state index contributed by atoms with van der Waals surface area (Å²) >= 11 is 0. The van der Waals surface area contributed by atoms with Crippen molar-refractivity contribution < 1.29 is 9.53 Å². The maximum Gasteiger partial charge on any atom is 0.220 e. The van der Waals surface area contributed by atoms with E-state index in [2.05, 4.69) is 12.2 Å². The highest BCUT2D eigenvalue weighted by atomic mass is 16.5. The van der Waals surface area contributed by atoms with Crippen LogP contribution in [0.2, 0.25) is 0 Å². The van der Waals surface area contributed by atoms with Crippen molar-refractivity contribution in [1.82, 2.24) is 5.32 Å². The summed E-state index contributed by atoms with van der Waals surface area (Å²) in [7, 11) is 0. The molecule has 1 aromatic carbocycles. The Labute approximate surface area is 109 Å². The van der Waals surface area contributed by atoms with Crippen molar-refractivity contribution in [2.24, 2.45) is 5.92 Å². The quantitative estimate of drug-likeness (QED) is 0.868. The van der Waals surface area contributed by atoms with Gasteiger partial charge < -0.3 is 10.1 Å². The Kier molecular flexibility index (Phi) is 4.76. The van der Waals surface area contributed by atoms with Gasteiger partial charge in [0.2, 0.25) is 5.91 Å². The van der Waals surface area contributed by atoms with E-state index in [1.165, 1.54) is 0 Å². The maximum atomic E-state index is 11.8. The largest absolute Gasteiger partial charge is 0.378 e. The Hall–Kier alpha value is -1.35. The maximum absolute atomic E-state index is 11.8. The van der Waals surface area contributed by atoms with Crippen molar-refractivity contribution in [3.63, 3.8) is 0 Å². The lowest BCUT2D eigenvalue weighted by atomic mass is 9.98. The number of carbonyl (C=O) groups is 1. The van der Waals surface area contributed by atoms with Crippen LogP contribution in [0.4, 0.5) is 0 Å². The number of rotatable bonds is 5. The summed E-state index contributed by atoms with van der Waals surface area (Å²) in [5, 5.41) is 2.96. The molecule has 0 radical (unpaired) electrons. The molecule has 98 valence electrons. The van der Waals surface area contributed by atoms with Crippen molar-refractivity contribution in [2.75, 3.05) is 6.61 Å². The minimum Gasteiger partial charge on any atom is -0.378 e. The van der Waals surface area contributed by atoms with Gasteiger partial charge in [0.25, 0.3) is 0 Å². The Balaban J connectivity index is 1.71. The molecule has 0 saturated carbocycles. The molecular formula is C15H21NO2. The molecule has 0 aromatic heterocycles. The van der Waals surface area contributed by atoms with Crippen LogP contribution in [0.15, 0.2) is 30.3 Å². The average Bonchev–Trinajstić information content (AvgIpc) is 2.91. The van der Waals surface area contributed by atoms with E-state index in [1.54, 1.807) is 0 Å². The van der Waals surface area contributed by atoms with Crippen LogP contribution in [0, 0.1) is 5.92 Å². The number of carbonyl (C=O) groups excluding carboxylic acids is 1. The number of hydrogen-bond donors (Lipinski definition) is 1. The van der Waals surface area contributed by atoms with Crippen LogP contribution in [0.1, 0.15) is 31.7 Å². The molecule has 3 heteroatoms. The highest BCUT2D eigenvalue weighted by molar-refractivity contribution is 5.76. The lowest BCUT2D eigenvalue weighted by Crippen LogP contribution is -2.28. The smallest absolute Gasteiger partial charge is 0.220 e. The lowest BCUT2D eigenvalue weighted by Gasteiger charge is -2.17. The molecule has 1 heterocycles. The highest BCUT2D eigenvalue weighted by Gasteiger charge is 2.24. The van der Waals surface area contributed by atoms with Crippen LogP contribution in [0.5, 0.6) is 0 Å². The molecular weight excluding hydrogens is 226 g/mol. The summed E-state index contributed by atoms with van der Waals surface area (Å²) in [5.41, 5.74) is 1.13. The molecule has 1 saturated heterocycles. The van der Waals surface area contributed by atoms with Gasteiger partial charge in [-0.2, -0.15) is 0 Å². The molecule has 1 aliphatic rings. The fourth-order valence-electron chi connectivity index (χ4n) is 2.34. The van der Waals surface area contributed by atoms with Crippen LogP contribution in [0.25, 0.3) is 0 Å². The van der Waals surface area contributed by atoms with Crippen molar-refractivity contribution >= 4 is 5.91 Å². The van der Waals surface area contributed by atoms with Crippen LogP contribution in [0.3, 0.4) is 0 Å². The molecule has 0 unspecified atom stereocenters. The van der Waals surface area contributed by atoms with Gasteiger partial charge in [-0.1, -0.05) is 37.3 Å². The van der Waals surface area contributed by atoms with Gasteiger partial charge in [-0.05, 0) is 24.3 Å². The molecule has 2 rings (SSSR count). The number of benzene rings is 1. The molecule has 1 aliphatic heterocycles. The third-order valence-corrected chi connectivity index (χ3v) is 3.44. The first-order valence-electron chi connectivity index (χ1n) is 6.68. The molecule has 1 amide bonds. The van der Waals surface area contributed by atoms with Crippen molar-refractivity contribution in [2.45, 2.75) is 38.8 Å². The van der Waals surface area contributed by atoms with Crippen molar-refractivity contribution in [3.05, 3.63) is 35.9 Å². The Bertz CT molecular complexity index is 371. The van der Waals surface area contributed by atoms with Gasteiger partial charge >= 0.3 is 0 Å². The zero-order valence-corrected chi connectivity index (χ0v) is 10.9. The van der Waals surface area contributed by atoms with E-state index < -0.39 is 0 Å². The molecule has 1 N–H and O–H groups in total. The third-order valence-electron chi connectivity index (χ3n) is 3.44. The summed E-state index contributed by atoms with van der Waals surface area (Å²) in [6.45, 7) is 3.55. The molecule has 2 atom stereocenters. The van der Waals surface area contributed by atoms with Gasteiger partial charge in [-0.25, -0.2) is 0 Å². The number of amides is 1. The molecule has 0 spiro atoms. The normalized spacial score (nSPS) is 20.6. The second kappa shape index (κ2) is 6.55. The van der Waals surface area contributed by atoms with E-state index in [9.17, 15) is 4.79 Å². The third kappa shape index (κ3) is 3.84. The van der Waals surface area contributed by atoms with E-state index in [1.807, 2.05) is 30.3 Å². The Morgan fingerprint density at radius 3 is 2.89 bits per heavy atom. The Morgan fingerprint density at radius 1 is 1.44 bits per heavy atom. The zero-order valence-electron chi connectivity index (χ0n) is 10.9. The van der Waals surface area contributed by atoms with Crippen LogP contribution < -0.4 is 5.32 Å². The minimum absolute atomic E-state index is 0.113. The van der Waals surface area contributed by atoms with E-state index in [0.717, 1.165) is 25.0 Å². The monoisotopic (exact) mass is 247 g/mol. The molecule has 18 heavy (non-hydrogen) atoms. The van der Waals surface area contributed by atoms with E-state index in [4.69, 9.17) is 4.74 Å². The number of hydrogen-bond acceptors (Lipinski definition) is 2. The first-order valence-corrected chi connectivity index (χ1v) is 6.68. The molecule has 1 aromatic rings. The van der Waals surface area contributed by atoms with Gasteiger partial charge in [-0.3, -0.25) is 4.79 Å². The average molecular weight is 247 g/mol. The van der Waals surface area contributed by atoms with E-state index >= 15 is 0 Å². The van der Waals surface area contributed by atoms with Gasteiger partial charge in [0.1, 0.15) is 0 Å². The second-order valence-corrected chi connectivity index (χ2v) is 5.00. The summed E-state index contributed by atoms with van der Waals surface area (Å²) in [4.78, 5) is 11.8. The molecule has 0 aliphatic carbocycles. The molecule has 1 fully saturated rings. The number of ether oxygens (including phenoxy) is 1. The first-order chi connectivity index (χ1) is 8.75.